The summed E-state index contributed by atoms with van der Waals surface area (Å²) in [5.74, 6) is -0.733. The van der Waals surface area contributed by atoms with E-state index in [1.807, 2.05) is 6.92 Å². The standard InChI is InChI=1S/C14H16N4O3/c1-9-5-6-10(11(8-9)16-17-15)13(19)18-7-3-4-12(18)14(20)21-2/h5-6,8,12H,3-4,7H2,1-2H3/t12-/m0/s1. The number of hydrogen-bond acceptors (Lipinski definition) is 4. The summed E-state index contributed by atoms with van der Waals surface area (Å²) in [6, 6.07) is 4.47. The van der Waals surface area contributed by atoms with Gasteiger partial charge >= 0.3 is 5.97 Å². The largest absolute Gasteiger partial charge is 0.467 e. The van der Waals surface area contributed by atoms with Crippen LogP contribution in [0.4, 0.5) is 5.69 Å². The molecular formula is C14H16N4O3. The maximum atomic E-state index is 12.6. The zero-order valence-corrected chi connectivity index (χ0v) is 11.9. The lowest BCUT2D eigenvalue weighted by Gasteiger charge is -2.23. The molecule has 0 spiro atoms. The Hall–Kier alpha value is -2.53. The molecule has 7 heteroatoms. The Morgan fingerprint density at radius 2 is 2.24 bits per heavy atom. The van der Waals surface area contributed by atoms with E-state index in [0.29, 0.717) is 18.5 Å². The number of azide groups is 1. The minimum absolute atomic E-state index is 0.276. The molecule has 2 rings (SSSR count). The summed E-state index contributed by atoms with van der Waals surface area (Å²) in [6.45, 7) is 2.33. The number of methoxy groups -OCH3 is 1. The van der Waals surface area contributed by atoms with Crippen molar-refractivity contribution in [1.82, 2.24) is 4.90 Å². The number of likely N-dealkylation sites (tertiary alicyclic amines) is 1. The molecule has 1 aromatic rings. The van der Waals surface area contributed by atoms with E-state index in [-0.39, 0.29) is 11.6 Å². The highest BCUT2D eigenvalue weighted by molar-refractivity contribution is 6.01. The second kappa shape index (κ2) is 6.28. The Labute approximate surface area is 122 Å². The van der Waals surface area contributed by atoms with Crippen LogP contribution in [0.2, 0.25) is 0 Å². The predicted octanol–water partition coefficient (Wildman–Crippen LogP) is 2.71. The van der Waals surface area contributed by atoms with Gasteiger partial charge in [-0.3, -0.25) is 4.79 Å². The molecule has 7 nitrogen and oxygen atoms in total. The highest BCUT2D eigenvalue weighted by Gasteiger charge is 2.35. The lowest BCUT2D eigenvalue weighted by Crippen LogP contribution is -2.41. The van der Waals surface area contributed by atoms with Gasteiger partial charge in [-0.25, -0.2) is 4.79 Å². The lowest BCUT2D eigenvalue weighted by atomic mass is 10.1. The van der Waals surface area contributed by atoms with Gasteiger partial charge in [-0.1, -0.05) is 16.7 Å². The van der Waals surface area contributed by atoms with Gasteiger partial charge in [0, 0.05) is 17.0 Å². The van der Waals surface area contributed by atoms with Crippen LogP contribution in [0, 0.1) is 6.92 Å². The molecule has 0 unspecified atom stereocenters. The number of rotatable bonds is 3. The maximum absolute atomic E-state index is 12.6. The zero-order chi connectivity index (χ0) is 15.4. The number of benzene rings is 1. The number of ether oxygens (including phenoxy) is 1. The highest BCUT2D eigenvalue weighted by Crippen LogP contribution is 2.27. The number of hydrogen-bond donors (Lipinski definition) is 0. The summed E-state index contributed by atoms with van der Waals surface area (Å²) < 4.78 is 4.73. The van der Waals surface area contributed by atoms with E-state index in [9.17, 15) is 9.59 Å². The summed E-state index contributed by atoms with van der Waals surface area (Å²) in [4.78, 5) is 28.6. The summed E-state index contributed by atoms with van der Waals surface area (Å²) >= 11 is 0. The predicted molar refractivity (Wildman–Crippen MR) is 76.1 cm³/mol. The normalized spacial score (nSPS) is 17.2. The lowest BCUT2D eigenvalue weighted by molar-refractivity contribution is -0.145. The molecule has 0 bridgehead atoms. The molecule has 0 N–H and O–H groups in total. The van der Waals surface area contributed by atoms with E-state index in [4.69, 9.17) is 10.3 Å². The van der Waals surface area contributed by atoms with Crippen molar-refractivity contribution in [3.63, 3.8) is 0 Å². The molecule has 1 atom stereocenters. The van der Waals surface area contributed by atoms with Gasteiger partial charge in [-0.15, -0.1) is 0 Å². The first kappa shape index (κ1) is 14.9. The first-order chi connectivity index (χ1) is 10.1. The summed E-state index contributed by atoms with van der Waals surface area (Å²) in [7, 11) is 1.31. The summed E-state index contributed by atoms with van der Waals surface area (Å²) in [6.07, 6.45) is 1.33. The minimum Gasteiger partial charge on any atom is -0.467 e. The van der Waals surface area contributed by atoms with Crippen molar-refractivity contribution in [3.8, 4) is 0 Å². The van der Waals surface area contributed by atoms with Gasteiger partial charge in [-0.2, -0.15) is 0 Å². The molecule has 1 heterocycles. The number of carbonyl (C=O) groups excluding carboxylic acids is 2. The monoisotopic (exact) mass is 288 g/mol. The Morgan fingerprint density at radius 3 is 2.90 bits per heavy atom. The van der Waals surface area contributed by atoms with Gasteiger partial charge in [0.25, 0.3) is 5.91 Å². The average Bonchev–Trinajstić information content (AvgIpc) is 2.95. The van der Waals surface area contributed by atoms with Gasteiger partial charge in [0.2, 0.25) is 0 Å². The minimum atomic E-state index is -0.567. The molecule has 1 amide bonds. The fourth-order valence-corrected chi connectivity index (χ4v) is 2.50. The van der Waals surface area contributed by atoms with Crippen LogP contribution in [-0.4, -0.2) is 36.5 Å². The van der Waals surface area contributed by atoms with Crippen LogP contribution in [0.5, 0.6) is 0 Å². The van der Waals surface area contributed by atoms with Crippen molar-refractivity contribution in [1.29, 1.82) is 0 Å². The third kappa shape index (κ3) is 2.98. The fourth-order valence-electron chi connectivity index (χ4n) is 2.50. The van der Waals surface area contributed by atoms with Crippen molar-refractivity contribution in [2.24, 2.45) is 5.11 Å². The molecule has 1 saturated heterocycles. The van der Waals surface area contributed by atoms with Crippen LogP contribution in [0.25, 0.3) is 10.4 Å². The third-order valence-corrected chi connectivity index (χ3v) is 3.52. The molecule has 110 valence electrons. The van der Waals surface area contributed by atoms with Crippen LogP contribution in [0.3, 0.4) is 0 Å². The van der Waals surface area contributed by atoms with Crippen molar-refractivity contribution < 1.29 is 14.3 Å². The van der Waals surface area contributed by atoms with E-state index in [2.05, 4.69) is 10.0 Å². The quantitative estimate of drug-likeness (QED) is 0.370. The number of amides is 1. The molecule has 1 fully saturated rings. The van der Waals surface area contributed by atoms with Crippen molar-refractivity contribution in [3.05, 3.63) is 39.8 Å². The van der Waals surface area contributed by atoms with Gasteiger partial charge in [-0.05, 0) is 37.4 Å². The SMILES string of the molecule is COC(=O)[C@@H]1CCCN1C(=O)c1ccc(C)cc1N=[N+]=[N-]. The van der Waals surface area contributed by atoms with Gasteiger partial charge in [0.1, 0.15) is 6.04 Å². The Kier molecular flexibility index (Phi) is 4.45. The molecule has 1 aliphatic heterocycles. The van der Waals surface area contributed by atoms with E-state index < -0.39 is 12.0 Å². The van der Waals surface area contributed by atoms with Crippen molar-refractivity contribution in [2.75, 3.05) is 13.7 Å². The van der Waals surface area contributed by atoms with E-state index in [1.54, 1.807) is 18.2 Å². The van der Waals surface area contributed by atoms with Crippen LogP contribution in [0.15, 0.2) is 23.3 Å². The number of carbonyl (C=O) groups is 2. The molecule has 0 radical (unpaired) electrons. The molecule has 0 aliphatic carbocycles. The van der Waals surface area contributed by atoms with Gasteiger partial charge < -0.3 is 9.64 Å². The first-order valence-corrected chi connectivity index (χ1v) is 6.63. The second-order valence-corrected chi connectivity index (χ2v) is 4.89. The Morgan fingerprint density at radius 1 is 1.48 bits per heavy atom. The van der Waals surface area contributed by atoms with E-state index in [0.717, 1.165) is 12.0 Å². The fraction of sp³-hybridized carbons (Fsp3) is 0.429. The zero-order valence-electron chi connectivity index (χ0n) is 11.9. The van der Waals surface area contributed by atoms with Crippen LogP contribution in [-0.2, 0) is 9.53 Å². The Bertz CT molecular complexity index is 623. The van der Waals surface area contributed by atoms with Crippen LogP contribution >= 0.6 is 0 Å². The topological polar surface area (TPSA) is 95.4 Å². The Balaban J connectivity index is 2.35. The molecule has 21 heavy (non-hydrogen) atoms. The van der Waals surface area contributed by atoms with Gasteiger partial charge in [0.15, 0.2) is 0 Å². The molecular weight excluding hydrogens is 272 g/mol. The van der Waals surface area contributed by atoms with Gasteiger partial charge in [0.05, 0.1) is 12.8 Å². The number of aryl methyl sites for hydroxylation is 1. The second-order valence-electron chi connectivity index (χ2n) is 4.89. The molecule has 0 aromatic heterocycles. The van der Waals surface area contributed by atoms with Crippen LogP contribution < -0.4 is 0 Å². The average molecular weight is 288 g/mol. The van der Waals surface area contributed by atoms with E-state index >= 15 is 0 Å². The van der Waals surface area contributed by atoms with Crippen molar-refractivity contribution in [2.45, 2.75) is 25.8 Å². The maximum Gasteiger partial charge on any atom is 0.328 e. The molecule has 1 aliphatic rings. The number of esters is 1. The molecule has 0 saturated carbocycles. The smallest absolute Gasteiger partial charge is 0.328 e. The summed E-state index contributed by atoms with van der Waals surface area (Å²) in [5.41, 5.74) is 10.1. The first-order valence-electron chi connectivity index (χ1n) is 6.63. The highest BCUT2D eigenvalue weighted by atomic mass is 16.5. The summed E-state index contributed by atoms with van der Waals surface area (Å²) in [5, 5.41) is 3.57. The third-order valence-electron chi connectivity index (χ3n) is 3.52. The number of nitrogens with zero attached hydrogens (tertiary/aromatic N) is 4. The molecule has 1 aromatic carbocycles. The van der Waals surface area contributed by atoms with E-state index in [1.165, 1.54) is 12.0 Å². The van der Waals surface area contributed by atoms with Crippen LogP contribution in [0.1, 0.15) is 28.8 Å². The van der Waals surface area contributed by atoms with Crippen molar-refractivity contribution >= 4 is 17.6 Å².